The molecule has 6 heteroatoms. The fourth-order valence-corrected chi connectivity index (χ4v) is 3.14. The van der Waals surface area contributed by atoms with E-state index < -0.39 is 0 Å². The molecule has 1 amide bonds. The fourth-order valence-electron chi connectivity index (χ4n) is 3.14. The smallest absolute Gasteiger partial charge is 0.243 e. The van der Waals surface area contributed by atoms with Crippen molar-refractivity contribution in [2.45, 2.75) is 32.7 Å². The first-order valence-electron chi connectivity index (χ1n) is 9.98. The Bertz CT molecular complexity index is 594. The van der Waals surface area contributed by atoms with Gasteiger partial charge in [0.2, 0.25) is 5.91 Å². The molecule has 1 heterocycles. The Morgan fingerprint density at radius 3 is 2.33 bits per heavy atom. The molecule has 27 heavy (non-hydrogen) atoms. The molecule has 6 nitrogen and oxygen atoms in total. The van der Waals surface area contributed by atoms with Crippen LogP contribution in [0.2, 0.25) is 0 Å². The molecule has 1 aliphatic rings. The summed E-state index contributed by atoms with van der Waals surface area (Å²) in [5.74, 6) is 1.21. The maximum atomic E-state index is 11.9. The van der Waals surface area contributed by atoms with E-state index in [9.17, 15) is 4.79 Å². The van der Waals surface area contributed by atoms with Gasteiger partial charge in [0.15, 0.2) is 5.96 Å². The molecule has 1 aromatic rings. The second kappa shape index (κ2) is 10.9. The highest BCUT2D eigenvalue weighted by atomic mass is 16.2. The van der Waals surface area contributed by atoms with Crippen LogP contribution in [0.1, 0.15) is 38.3 Å². The predicted octanol–water partition coefficient (Wildman–Crippen LogP) is 2.10. The number of carbonyl (C=O) groups excluding carboxylic acids is 1. The maximum absolute atomic E-state index is 11.9. The van der Waals surface area contributed by atoms with Gasteiger partial charge in [0.1, 0.15) is 6.54 Å². The molecule has 0 bridgehead atoms. The molecule has 0 saturated carbocycles. The maximum Gasteiger partial charge on any atom is 0.243 e. The Labute approximate surface area is 164 Å². The number of benzene rings is 1. The molecule has 1 saturated heterocycles. The summed E-state index contributed by atoms with van der Waals surface area (Å²) >= 11 is 0. The zero-order chi connectivity index (χ0) is 19.6. The van der Waals surface area contributed by atoms with Crippen LogP contribution < -0.4 is 10.6 Å². The highest BCUT2D eigenvalue weighted by Gasteiger charge is 2.23. The molecule has 150 valence electrons. The van der Waals surface area contributed by atoms with Gasteiger partial charge in [-0.1, -0.05) is 44.2 Å². The molecular formula is C21H35N5O. The van der Waals surface area contributed by atoms with E-state index in [1.165, 1.54) is 18.4 Å². The van der Waals surface area contributed by atoms with E-state index in [0.717, 1.165) is 26.2 Å². The number of likely N-dealkylation sites (N-methyl/N-ethyl adjacent to an activating group) is 1. The molecule has 1 aromatic carbocycles. The van der Waals surface area contributed by atoms with Crippen molar-refractivity contribution in [2.75, 3.05) is 46.8 Å². The number of hydrogen-bond acceptors (Lipinski definition) is 3. The Morgan fingerprint density at radius 1 is 1.11 bits per heavy atom. The Hall–Kier alpha value is -2.08. The van der Waals surface area contributed by atoms with Gasteiger partial charge >= 0.3 is 0 Å². The van der Waals surface area contributed by atoms with Crippen molar-refractivity contribution in [1.29, 1.82) is 0 Å². The van der Waals surface area contributed by atoms with Gasteiger partial charge in [0.25, 0.3) is 0 Å². The first-order chi connectivity index (χ1) is 13.0. The number of likely N-dealkylation sites (tertiary alicyclic amines) is 1. The summed E-state index contributed by atoms with van der Waals surface area (Å²) in [6.45, 7) is 8.32. The van der Waals surface area contributed by atoms with Gasteiger partial charge in [-0.2, -0.15) is 0 Å². The first kappa shape index (κ1) is 21.2. The predicted molar refractivity (Wildman–Crippen MR) is 112 cm³/mol. The highest BCUT2D eigenvalue weighted by molar-refractivity contribution is 5.84. The van der Waals surface area contributed by atoms with Crippen LogP contribution in [-0.4, -0.2) is 68.5 Å². The number of rotatable bonds is 8. The van der Waals surface area contributed by atoms with E-state index in [1.807, 2.05) is 0 Å². The minimum Gasteiger partial charge on any atom is -0.356 e. The normalized spacial score (nSPS) is 16.4. The summed E-state index contributed by atoms with van der Waals surface area (Å²) in [5.41, 5.74) is 1.32. The van der Waals surface area contributed by atoms with Crippen molar-refractivity contribution in [3.05, 3.63) is 35.9 Å². The van der Waals surface area contributed by atoms with E-state index in [1.54, 1.807) is 19.0 Å². The van der Waals surface area contributed by atoms with E-state index in [2.05, 4.69) is 64.7 Å². The molecule has 2 rings (SSSR count). The molecule has 0 spiro atoms. The zero-order valence-corrected chi connectivity index (χ0v) is 17.2. The van der Waals surface area contributed by atoms with Crippen LogP contribution >= 0.6 is 0 Å². The topological polar surface area (TPSA) is 60.0 Å². The lowest BCUT2D eigenvalue weighted by atomic mass is 10.1. The van der Waals surface area contributed by atoms with Crippen LogP contribution in [0, 0.1) is 5.92 Å². The quantitative estimate of drug-likeness (QED) is 0.541. The van der Waals surface area contributed by atoms with Crippen molar-refractivity contribution in [1.82, 2.24) is 20.4 Å². The number of carbonyl (C=O) groups is 1. The van der Waals surface area contributed by atoms with Crippen LogP contribution in [-0.2, 0) is 4.79 Å². The number of amides is 1. The average molecular weight is 374 g/mol. The minimum atomic E-state index is -0.000186. The summed E-state index contributed by atoms with van der Waals surface area (Å²) in [6, 6.07) is 10.9. The second-order valence-electron chi connectivity index (χ2n) is 7.78. The van der Waals surface area contributed by atoms with Crippen molar-refractivity contribution in [3.63, 3.8) is 0 Å². The second-order valence-corrected chi connectivity index (χ2v) is 7.78. The molecule has 0 aliphatic carbocycles. The van der Waals surface area contributed by atoms with Gasteiger partial charge in [-0.25, -0.2) is 4.99 Å². The molecule has 0 aromatic heterocycles. The summed E-state index contributed by atoms with van der Waals surface area (Å²) in [7, 11) is 3.51. The van der Waals surface area contributed by atoms with Gasteiger partial charge in [-0.15, -0.1) is 0 Å². The lowest BCUT2D eigenvalue weighted by Crippen LogP contribution is -2.44. The summed E-state index contributed by atoms with van der Waals surface area (Å²) < 4.78 is 0. The highest BCUT2D eigenvalue weighted by Crippen LogP contribution is 2.24. The lowest BCUT2D eigenvalue weighted by Gasteiger charge is -2.29. The first-order valence-corrected chi connectivity index (χ1v) is 9.98. The molecule has 1 fully saturated rings. The van der Waals surface area contributed by atoms with Crippen LogP contribution in [0.4, 0.5) is 0 Å². The summed E-state index contributed by atoms with van der Waals surface area (Å²) in [4.78, 5) is 20.5. The van der Waals surface area contributed by atoms with Crippen LogP contribution in [0.15, 0.2) is 35.3 Å². The van der Waals surface area contributed by atoms with Crippen molar-refractivity contribution in [3.8, 4) is 0 Å². The Balaban J connectivity index is 2.06. The number of aliphatic imine (C=N–C) groups is 1. The van der Waals surface area contributed by atoms with Gasteiger partial charge in [-0.3, -0.25) is 9.69 Å². The number of hydrogen-bond donors (Lipinski definition) is 2. The van der Waals surface area contributed by atoms with Gasteiger partial charge in [0.05, 0.1) is 6.04 Å². The van der Waals surface area contributed by atoms with Gasteiger partial charge < -0.3 is 15.5 Å². The average Bonchev–Trinajstić information content (AvgIpc) is 3.18. The molecule has 0 radical (unpaired) electrons. The number of guanidine groups is 1. The lowest BCUT2D eigenvalue weighted by molar-refractivity contribution is -0.127. The van der Waals surface area contributed by atoms with Crippen LogP contribution in [0.3, 0.4) is 0 Å². The van der Waals surface area contributed by atoms with Crippen LogP contribution in [0.25, 0.3) is 0 Å². The van der Waals surface area contributed by atoms with Gasteiger partial charge in [-0.05, 0) is 37.4 Å². The zero-order valence-electron chi connectivity index (χ0n) is 17.2. The molecule has 2 N–H and O–H groups in total. The van der Waals surface area contributed by atoms with E-state index in [4.69, 9.17) is 0 Å². The fraction of sp³-hybridized carbons (Fsp3) is 0.619. The molecule has 1 aliphatic heterocycles. The Kier molecular flexibility index (Phi) is 8.58. The van der Waals surface area contributed by atoms with Crippen molar-refractivity contribution < 1.29 is 4.79 Å². The monoisotopic (exact) mass is 373 g/mol. The minimum absolute atomic E-state index is 0.000186. The SMILES string of the molecule is CC(C)CNC(=NCC(=O)N(C)C)NCC(c1ccccc1)N1CCCC1. The number of nitrogens with one attached hydrogen (secondary N) is 2. The van der Waals surface area contributed by atoms with E-state index >= 15 is 0 Å². The summed E-state index contributed by atoms with van der Waals surface area (Å²) in [6.07, 6.45) is 2.51. The summed E-state index contributed by atoms with van der Waals surface area (Å²) in [5, 5.41) is 6.83. The Morgan fingerprint density at radius 2 is 1.74 bits per heavy atom. The van der Waals surface area contributed by atoms with E-state index in [-0.39, 0.29) is 12.5 Å². The third-order valence-corrected chi connectivity index (χ3v) is 4.78. The third-order valence-electron chi connectivity index (χ3n) is 4.78. The molecule has 1 atom stereocenters. The van der Waals surface area contributed by atoms with E-state index in [0.29, 0.717) is 17.9 Å². The molecular weight excluding hydrogens is 338 g/mol. The standard InChI is InChI=1S/C21H35N5O/c1-17(2)14-22-21(24-16-20(27)25(3)4)23-15-19(26-12-8-9-13-26)18-10-6-5-7-11-18/h5-7,10-11,17,19H,8-9,12-16H2,1-4H3,(H2,22,23,24). The van der Waals surface area contributed by atoms with Crippen molar-refractivity contribution in [2.24, 2.45) is 10.9 Å². The number of nitrogens with zero attached hydrogens (tertiary/aromatic N) is 3. The van der Waals surface area contributed by atoms with Crippen LogP contribution in [0.5, 0.6) is 0 Å². The third kappa shape index (κ3) is 7.21. The largest absolute Gasteiger partial charge is 0.356 e. The molecule has 1 unspecified atom stereocenters. The van der Waals surface area contributed by atoms with Gasteiger partial charge in [0, 0.05) is 27.2 Å². The van der Waals surface area contributed by atoms with Crippen molar-refractivity contribution >= 4 is 11.9 Å².